The molecule has 27 heavy (non-hydrogen) atoms. The maximum Gasteiger partial charge on any atom is 0.306 e. The lowest BCUT2D eigenvalue weighted by atomic mass is 10.0. The average molecular weight is 385 g/mol. The number of carbonyl (C=O) groups is 2. The van der Waals surface area contributed by atoms with E-state index in [-0.39, 0.29) is 12.1 Å². The van der Waals surface area contributed by atoms with Gasteiger partial charge in [-0.25, -0.2) is 0 Å². The summed E-state index contributed by atoms with van der Waals surface area (Å²) in [6.45, 7) is 3.79. The standard InChI is InChI=1S/C23H44O4/c1-21(2)27-23(26)20-18-16-14-12-10-8-6-4-3-5-7-9-11-13-15-17-19-22(24)25/h21H,3-20H2,1-2H3,(H,24,25). The monoisotopic (exact) mass is 384 g/mol. The molecule has 0 aliphatic carbocycles. The van der Waals surface area contributed by atoms with Crippen LogP contribution in [0.4, 0.5) is 0 Å². The van der Waals surface area contributed by atoms with E-state index in [1.165, 1.54) is 77.0 Å². The first-order valence-corrected chi connectivity index (χ1v) is 11.4. The summed E-state index contributed by atoms with van der Waals surface area (Å²) in [5.41, 5.74) is 0. The van der Waals surface area contributed by atoms with Crippen molar-refractivity contribution in [3.8, 4) is 0 Å². The molecule has 0 aliphatic rings. The molecule has 0 aliphatic heterocycles. The van der Waals surface area contributed by atoms with Crippen molar-refractivity contribution in [3.63, 3.8) is 0 Å². The fourth-order valence-electron chi connectivity index (χ4n) is 3.34. The molecule has 0 radical (unpaired) electrons. The first-order chi connectivity index (χ1) is 13.0. The maximum atomic E-state index is 11.4. The third-order valence-corrected chi connectivity index (χ3v) is 4.89. The molecule has 4 nitrogen and oxygen atoms in total. The Morgan fingerprint density at radius 1 is 0.593 bits per heavy atom. The van der Waals surface area contributed by atoms with Crippen LogP contribution in [0, 0.1) is 0 Å². The van der Waals surface area contributed by atoms with Crippen molar-refractivity contribution in [1.29, 1.82) is 0 Å². The van der Waals surface area contributed by atoms with Crippen molar-refractivity contribution in [2.24, 2.45) is 0 Å². The maximum absolute atomic E-state index is 11.4. The highest BCUT2D eigenvalue weighted by molar-refractivity contribution is 5.69. The summed E-state index contributed by atoms with van der Waals surface area (Å²) >= 11 is 0. The van der Waals surface area contributed by atoms with Gasteiger partial charge in [0.2, 0.25) is 0 Å². The third kappa shape index (κ3) is 22.9. The Morgan fingerprint density at radius 3 is 1.19 bits per heavy atom. The molecular formula is C23H44O4. The molecule has 0 aromatic carbocycles. The van der Waals surface area contributed by atoms with E-state index in [1.54, 1.807) is 0 Å². The van der Waals surface area contributed by atoms with E-state index >= 15 is 0 Å². The number of carboxylic acid groups (broad SMARTS) is 1. The van der Waals surface area contributed by atoms with Crippen LogP contribution in [-0.4, -0.2) is 23.1 Å². The van der Waals surface area contributed by atoms with Crippen LogP contribution >= 0.6 is 0 Å². The zero-order valence-electron chi connectivity index (χ0n) is 18.0. The highest BCUT2D eigenvalue weighted by Gasteiger charge is 2.04. The summed E-state index contributed by atoms with van der Waals surface area (Å²) in [5, 5.41) is 8.57. The predicted octanol–water partition coefficient (Wildman–Crippen LogP) is 7.04. The molecule has 0 atom stereocenters. The minimum Gasteiger partial charge on any atom is -0.481 e. The summed E-state index contributed by atoms with van der Waals surface area (Å²) < 4.78 is 5.13. The lowest BCUT2D eigenvalue weighted by Crippen LogP contribution is -2.10. The van der Waals surface area contributed by atoms with E-state index in [0.717, 1.165) is 25.7 Å². The Kier molecular flexibility index (Phi) is 18.9. The zero-order valence-corrected chi connectivity index (χ0v) is 18.0. The number of hydrogen-bond acceptors (Lipinski definition) is 3. The minimum absolute atomic E-state index is 0.00735. The second-order valence-corrected chi connectivity index (χ2v) is 8.09. The van der Waals surface area contributed by atoms with Crippen LogP contribution in [0.3, 0.4) is 0 Å². The molecule has 0 fully saturated rings. The van der Waals surface area contributed by atoms with Gasteiger partial charge in [0.25, 0.3) is 0 Å². The van der Waals surface area contributed by atoms with Gasteiger partial charge in [-0.3, -0.25) is 9.59 Å². The largest absolute Gasteiger partial charge is 0.481 e. The van der Waals surface area contributed by atoms with Gasteiger partial charge in [0.05, 0.1) is 6.10 Å². The summed E-state index contributed by atoms with van der Waals surface area (Å²) in [4.78, 5) is 21.8. The van der Waals surface area contributed by atoms with E-state index < -0.39 is 5.97 Å². The van der Waals surface area contributed by atoms with Gasteiger partial charge in [-0.1, -0.05) is 89.9 Å². The molecule has 0 saturated carbocycles. The molecule has 0 unspecified atom stereocenters. The van der Waals surface area contributed by atoms with Crippen LogP contribution in [0.1, 0.15) is 129 Å². The summed E-state index contributed by atoms with van der Waals surface area (Å²) in [6, 6.07) is 0. The van der Waals surface area contributed by atoms with E-state index in [0.29, 0.717) is 12.8 Å². The smallest absolute Gasteiger partial charge is 0.306 e. The van der Waals surface area contributed by atoms with Gasteiger partial charge in [0.1, 0.15) is 0 Å². The highest BCUT2D eigenvalue weighted by atomic mass is 16.5. The molecule has 0 spiro atoms. The summed E-state index contributed by atoms with van der Waals surface area (Å²) in [7, 11) is 0. The lowest BCUT2D eigenvalue weighted by Gasteiger charge is -2.07. The third-order valence-electron chi connectivity index (χ3n) is 4.89. The number of aliphatic carboxylic acids is 1. The van der Waals surface area contributed by atoms with E-state index in [4.69, 9.17) is 9.84 Å². The number of hydrogen-bond donors (Lipinski definition) is 1. The SMILES string of the molecule is CC(C)OC(=O)CCCCCCCCCCCCCCCCCCC(=O)O. The van der Waals surface area contributed by atoms with Crippen molar-refractivity contribution >= 4 is 11.9 Å². The van der Waals surface area contributed by atoms with Gasteiger partial charge >= 0.3 is 11.9 Å². The molecule has 0 rings (SSSR count). The molecule has 0 aromatic rings. The molecule has 0 aromatic heterocycles. The Bertz CT molecular complexity index is 352. The number of carbonyl (C=O) groups excluding carboxylic acids is 1. The van der Waals surface area contributed by atoms with Gasteiger partial charge in [0.15, 0.2) is 0 Å². The summed E-state index contributed by atoms with van der Waals surface area (Å²) in [5.74, 6) is -0.720. The van der Waals surface area contributed by atoms with Gasteiger partial charge in [-0.05, 0) is 26.7 Å². The number of rotatable bonds is 20. The topological polar surface area (TPSA) is 63.6 Å². The molecule has 1 N–H and O–H groups in total. The summed E-state index contributed by atoms with van der Waals surface area (Å²) in [6.07, 6.45) is 20.6. The van der Waals surface area contributed by atoms with Gasteiger partial charge < -0.3 is 9.84 Å². The van der Waals surface area contributed by atoms with Crippen molar-refractivity contribution in [2.75, 3.05) is 0 Å². The van der Waals surface area contributed by atoms with Crippen LogP contribution in [0.15, 0.2) is 0 Å². The van der Waals surface area contributed by atoms with Crippen molar-refractivity contribution in [2.45, 2.75) is 136 Å². The van der Waals surface area contributed by atoms with E-state index in [1.807, 2.05) is 13.8 Å². The molecular weight excluding hydrogens is 340 g/mol. The Balaban J connectivity index is 3.09. The number of unbranched alkanes of at least 4 members (excludes halogenated alkanes) is 15. The number of carboxylic acids is 1. The predicted molar refractivity (Wildman–Crippen MR) is 112 cm³/mol. The fraction of sp³-hybridized carbons (Fsp3) is 0.913. The van der Waals surface area contributed by atoms with Crippen LogP contribution < -0.4 is 0 Å². The minimum atomic E-state index is -0.668. The molecule has 160 valence electrons. The molecule has 0 bridgehead atoms. The number of esters is 1. The van der Waals surface area contributed by atoms with Crippen LogP contribution in [0.2, 0.25) is 0 Å². The number of ether oxygens (including phenoxy) is 1. The Morgan fingerprint density at radius 2 is 0.889 bits per heavy atom. The Hall–Kier alpha value is -1.06. The van der Waals surface area contributed by atoms with Crippen LogP contribution in [0.25, 0.3) is 0 Å². The zero-order chi connectivity index (χ0) is 20.2. The van der Waals surface area contributed by atoms with Crippen LogP contribution in [-0.2, 0) is 14.3 Å². The van der Waals surface area contributed by atoms with Crippen molar-refractivity contribution < 1.29 is 19.4 Å². The molecule has 4 heteroatoms. The molecule has 0 amide bonds. The average Bonchev–Trinajstić information content (AvgIpc) is 2.59. The molecule has 0 saturated heterocycles. The van der Waals surface area contributed by atoms with Gasteiger partial charge in [-0.15, -0.1) is 0 Å². The first-order valence-electron chi connectivity index (χ1n) is 11.4. The second-order valence-electron chi connectivity index (χ2n) is 8.09. The highest BCUT2D eigenvalue weighted by Crippen LogP contribution is 2.14. The van der Waals surface area contributed by atoms with E-state index in [2.05, 4.69) is 0 Å². The Labute approximate surface area is 167 Å². The normalized spacial score (nSPS) is 11.1. The van der Waals surface area contributed by atoms with Gasteiger partial charge in [0, 0.05) is 12.8 Å². The lowest BCUT2D eigenvalue weighted by molar-refractivity contribution is -0.147. The van der Waals surface area contributed by atoms with E-state index in [9.17, 15) is 9.59 Å². The van der Waals surface area contributed by atoms with Crippen LogP contribution in [0.5, 0.6) is 0 Å². The van der Waals surface area contributed by atoms with Gasteiger partial charge in [-0.2, -0.15) is 0 Å². The van der Waals surface area contributed by atoms with Crippen molar-refractivity contribution in [1.82, 2.24) is 0 Å². The molecule has 0 heterocycles. The fourth-order valence-corrected chi connectivity index (χ4v) is 3.34. The quantitative estimate of drug-likeness (QED) is 0.180. The van der Waals surface area contributed by atoms with Crippen molar-refractivity contribution in [3.05, 3.63) is 0 Å². The first kappa shape index (κ1) is 25.9. The second kappa shape index (κ2) is 19.7.